The first-order valence-electron chi connectivity index (χ1n) is 8.39. The van der Waals surface area contributed by atoms with Crippen LogP contribution in [0.2, 0.25) is 0 Å². The monoisotopic (exact) mass is 357 g/mol. The van der Waals surface area contributed by atoms with Gasteiger partial charge in [-0.25, -0.2) is 0 Å². The van der Waals surface area contributed by atoms with E-state index in [4.69, 9.17) is 4.74 Å². The first-order chi connectivity index (χ1) is 12.3. The van der Waals surface area contributed by atoms with Crippen LogP contribution in [0, 0.1) is 17.0 Å². The van der Waals surface area contributed by atoms with Crippen molar-refractivity contribution in [2.45, 2.75) is 45.8 Å². The van der Waals surface area contributed by atoms with Gasteiger partial charge >= 0.3 is 11.8 Å². The summed E-state index contributed by atoms with van der Waals surface area (Å²) in [5.41, 5.74) is 2.97. The number of ether oxygens (including phenoxy) is 1. The predicted octanol–water partition coefficient (Wildman–Crippen LogP) is 2.40. The molecule has 26 heavy (non-hydrogen) atoms. The van der Waals surface area contributed by atoms with E-state index >= 15 is 0 Å². The summed E-state index contributed by atoms with van der Waals surface area (Å²) in [5.74, 6) is -0.924. The van der Waals surface area contributed by atoms with Crippen LogP contribution in [0.3, 0.4) is 0 Å². The van der Waals surface area contributed by atoms with Gasteiger partial charge in [0.1, 0.15) is 12.7 Å². The summed E-state index contributed by atoms with van der Waals surface area (Å²) >= 11 is 0. The van der Waals surface area contributed by atoms with Gasteiger partial charge in [0.15, 0.2) is 6.10 Å². The number of nitrogens with zero attached hydrogens (tertiary/aromatic N) is 3. The third kappa shape index (κ3) is 3.63. The number of aryl methyl sites for hydroxylation is 3. The lowest BCUT2D eigenvalue weighted by Gasteiger charge is -2.13. The summed E-state index contributed by atoms with van der Waals surface area (Å²) in [4.78, 5) is 38.4. The molecular formula is C18H19N3O5. The second kappa shape index (κ2) is 7.07. The summed E-state index contributed by atoms with van der Waals surface area (Å²) in [5, 5.41) is 10.7. The number of rotatable bonds is 6. The van der Waals surface area contributed by atoms with Gasteiger partial charge in [0, 0.05) is 12.5 Å². The van der Waals surface area contributed by atoms with Gasteiger partial charge in [-0.1, -0.05) is 12.1 Å². The van der Waals surface area contributed by atoms with Crippen LogP contribution >= 0.6 is 0 Å². The third-order valence-electron chi connectivity index (χ3n) is 4.51. The minimum absolute atomic E-state index is 0.242. The highest BCUT2D eigenvalue weighted by Crippen LogP contribution is 2.23. The zero-order valence-corrected chi connectivity index (χ0v) is 14.6. The SMILES string of the molecule is Cc1nc([N+](=O)[O-])cn1CC(=O)O[C@@H](C)C(=O)c1ccc2c(c1)CCC2. The van der Waals surface area contributed by atoms with Crippen molar-refractivity contribution in [3.8, 4) is 0 Å². The van der Waals surface area contributed by atoms with Crippen LogP contribution in [0.15, 0.2) is 24.4 Å². The minimum atomic E-state index is -0.930. The quantitative estimate of drug-likeness (QED) is 0.340. The molecule has 0 aliphatic heterocycles. The van der Waals surface area contributed by atoms with Crippen molar-refractivity contribution in [2.24, 2.45) is 0 Å². The molecule has 1 aromatic heterocycles. The number of ketones is 1. The van der Waals surface area contributed by atoms with Gasteiger partial charge in [0.25, 0.3) is 0 Å². The van der Waals surface area contributed by atoms with Crippen LogP contribution in [0.5, 0.6) is 0 Å². The minimum Gasteiger partial charge on any atom is -0.453 e. The highest BCUT2D eigenvalue weighted by atomic mass is 16.6. The lowest BCUT2D eigenvalue weighted by molar-refractivity contribution is -0.389. The maximum atomic E-state index is 12.5. The summed E-state index contributed by atoms with van der Waals surface area (Å²) in [6.07, 6.45) is 3.33. The van der Waals surface area contributed by atoms with E-state index in [1.807, 2.05) is 12.1 Å². The third-order valence-corrected chi connectivity index (χ3v) is 4.51. The standard InChI is InChI=1S/C18H19N3O5/c1-11(18(23)15-7-6-13-4-3-5-14(13)8-15)26-17(22)10-20-9-16(21(24)25)19-12(20)2/h6-9,11H,3-5,10H2,1-2H3/t11-/m0/s1. The second-order valence-corrected chi connectivity index (χ2v) is 6.36. The van der Waals surface area contributed by atoms with Crippen LogP contribution < -0.4 is 0 Å². The summed E-state index contributed by atoms with van der Waals surface area (Å²) < 4.78 is 6.53. The number of benzene rings is 1. The Morgan fingerprint density at radius 1 is 1.35 bits per heavy atom. The zero-order valence-electron chi connectivity index (χ0n) is 14.6. The molecule has 3 rings (SSSR count). The van der Waals surface area contributed by atoms with Crippen LogP contribution in [0.25, 0.3) is 0 Å². The molecule has 8 nitrogen and oxygen atoms in total. The maximum absolute atomic E-state index is 12.5. The van der Waals surface area contributed by atoms with Gasteiger partial charge in [-0.3, -0.25) is 14.2 Å². The average molecular weight is 357 g/mol. The highest BCUT2D eigenvalue weighted by molar-refractivity contribution is 6.00. The average Bonchev–Trinajstić information content (AvgIpc) is 3.20. The van der Waals surface area contributed by atoms with E-state index in [0.29, 0.717) is 11.4 Å². The molecule has 0 bridgehead atoms. The normalized spacial score (nSPS) is 13.9. The Kier molecular flexibility index (Phi) is 4.83. The van der Waals surface area contributed by atoms with Gasteiger partial charge in [0.05, 0.1) is 0 Å². The van der Waals surface area contributed by atoms with Gasteiger partial charge in [-0.05, 0) is 53.3 Å². The Balaban J connectivity index is 1.63. The highest BCUT2D eigenvalue weighted by Gasteiger charge is 2.23. The molecule has 0 spiro atoms. The zero-order chi connectivity index (χ0) is 18.8. The summed E-state index contributed by atoms with van der Waals surface area (Å²) in [7, 11) is 0. The van der Waals surface area contributed by atoms with E-state index in [9.17, 15) is 19.7 Å². The second-order valence-electron chi connectivity index (χ2n) is 6.36. The Labute approximate surface area is 149 Å². The molecule has 0 radical (unpaired) electrons. The number of nitro groups is 1. The molecule has 2 aromatic rings. The summed E-state index contributed by atoms with van der Waals surface area (Å²) in [6.45, 7) is 2.84. The van der Waals surface area contributed by atoms with Crippen molar-refractivity contribution in [3.63, 3.8) is 0 Å². The molecule has 1 aliphatic carbocycles. The van der Waals surface area contributed by atoms with E-state index in [0.717, 1.165) is 19.3 Å². The Morgan fingerprint density at radius 3 is 2.77 bits per heavy atom. The van der Waals surface area contributed by atoms with E-state index in [1.165, 1.54) is 28.8 Å². The number of carbonyl (C=O) groups excluding carboxylic acids is 2. The first kappa shape index (κ1) is 17.8. The van der Waals surface area contributed by atoms with Crippen molar-refractivity contribution in [1.82, 2.24) is 9.55 Å². The Hall–Kier alpha value is -3.03. The van der Waals surface area contributed by atoms with Gasteiger partial charge in [-0.15, -0.1) is 0 Å². The van der Waals surface area contributed by atoms with Crippen LogP contribution in [-0.4, -0.2) is 32.3 Å². The maximum Gasteiger partial charge on any atom is 0.381 e. The molecule has 0 fully saturated rings. The lowest BCUT2D eigenvalue weighted by atomic mass is 10.0. The molecule has 0 saturated carbocycles. The van der Waals surface area contributed by atoms with Gasteiger partial charge in [-0.2, -0.15) is 0 Å². The molecule has 0 N–H and O–H groups in total. The molecule has 1 heterocycles. The van der Waals surface area contributed by atoms with Crippen molar-refractivity contribution in [1.29, 1.82) is 0 Å². The van der Waals surface area contributed by atoms with Crippen molar-refractivity contribution in [3.05, 3.63) is 57.0 Å². The van der Waals surface area contributed by atoms with E-state index in [-0.39, 0.29) is 18.1 Å². The van der Waals surface area contributed by atoms with Crippen LogP contribution in [0.4, 0.5) is 5.82 Å². The first-order valence-corrected chi connectivity index (χ1v) is 8.39. The number of aromatic nitrogens is 2. The molecule has 136 valence electrons. The molecular weight excluding hydrogens is 338 g/mol. The van der Waals surface area contributed by atoms with Gasteiger partial charge in [0.2, 0.25) is 11.6 Å². The van der Waals surface area contributed by atoms with Crippen LogP contribution in [-0.2, 0) is 28.9 Å². The number of carbonyl (C=O) groups is 2. The molecule has 1 aromatic carbocycles. The number of hydrogen-bond donors (Lipinski definition) is 0. The number of fused-ring (bicyclic) bond motifs is 1. The Bertz CT molecular complexity index is 887. The number of Topliss-reactive ketones (excluding diaryl/α,β-unsaturated/α-hetero) is 1. The molecule has 0 unspecified atom stereocenters. The van der Waals surface area contributed by atoms with E-state index < -0.39 is 17.0 Å². The van der Waals surface area contributed by atoms with Crippen molar-refractivity contribution >= 4 is 17.6 Å². The predicted molar refractivity (Wildman–Crippen MR) is 92.0 cm³/mol. The number of esters is 1. The largest absolute Gasteiger partial charge is 0.453 e. The molecule has 1 atom stereocenters. The lowest BCUT2D eigenvalue weighted by Crippen LogP contribution is -2.26. The molecule has 8 heteroatoms. The van der Waals surface area contributed by atoms with Crippen molar-refractivity contribution < 1.29 is 19.2 Å². The molecule has 1 aliphatic rings. The fourth-order valence-electron chi connectivity index (χ4n) is 3.13. The Morgan fingerprint density at radius 2 is 2.08 bits per heavy atom. The van der Waals surface area contributed by atoms with Gasteiger partial charge < -0.3 is 14.9 Å². The topological polar surface area (TPSA) is 104 Å². The van der Waals surface area contributed by atoms with E-state index in [2.05, 4.69) is 4.98 Å². The summed E-state index contributed by atoms with van der Waals surface area (Å²) in [6, 6.07) is 5.59. The molecule has 0 amide bonds. The fourth-order valence-corrected chi connectivity index (χ4v) is 3.13. The smallest absolute Gasteiger partial charge is 0.381 e. The number of hydrogen-bond acceptors (Lipinski definition) is 6. The van der Waals surface area contributed by atoms with Crippen LogP contribution in [0.1, 0.15) is 40.7 Å². The number of imidazole rings is 1. The van der Waals surface area contributed by atoms with E-state index in [1.54, 1.807) is 13.0 Å². The fraction of sp³-hybridized carbons (Fsp3) is 0.389. The van der Waals surface area contributed by atoms with Crippen molar-refractivity contribution in [2.75, 3.05) is 0 Å². The molecule has 0 saturated heterocycles.